The monoisotopic (exact) mass is 487 g/mol. The van der Waals surface area contributed by atoms with Crippen LogP contribution in [0.5, 0.6) is 0 Å². The Labute approximate surface area is 187 Å². The van der Waals surface area contributed by atoms with Gasteiger partial charge in [-0.3, -0.25) is 9.69 Å². The van der Waals surface area contributed by atoms with Crippen LogP contribution in [-0.4, -0.2) is 10.5 Å². The highest BCUT2D eigenvalue weighted by atomic mass is 79.9. The Morgan fingerprint density at radius 3 is 2.34 bits per heavy atom. The molecule has 0 aliphatic carbocycles. The number of hydrogen-bond donors (Lipinski definition) is 0. The summed E-state index contributed by atoms with van der Waals surface area (Å²) in [7, 11) is 0. The van der Waals surface area contributed by atoms with Crippen molar-refractivity contribution < 1.29 is 4.79 Å². The van der Waals surface area contributed by atoms with Crippen LogP contribution in [0, 0.1) is 11.3 Å². The van der Waals surface area contributed by atoms with Crippen LogP contribution in [0.3, 0.4) is 0 Å². The third-order valence-corrected chi connectivity index (χ3v) is 6.14. The fourth-order valence-electron chi connectivity index (χ4n) is 3.85. The van der Waals surface area contributed by atoms with Crippen molar-refractivity contribution in [2.24, 2.45) is 0 Å². The number of anilines is 1. The molecular formula is C22H16BrCl2N3O. The minimum Gasteiger partial charge on any atom is -0.334 e. The van der Waals surface area contributed by atoms with Gasteiger partial charge in [-0.2, -0.15) is 5.26 Å². The van der Waals surface area contributed by atoms with Crippen LogP contribution < -0.4 is 4.90 Å². The van der Waals surface area contributed by atoms with Gasteiger partial charge < -0.3 is 4.57 Å². The summed E-state index contributed by atoms with van der Waals surface area (Å²) in [6.45, 7) is 4.13. The summed E-state index contributed by atoms with van der Waals surface area (Å²) < 4.78 is 2.94. The molecule has 2 heterocycles. The molecule has 3 aromatic rings. The van der Waals surface area contributed by atoms with E-state index in [0.29, 0.717) is 26.9 Å². The molecule has 0 spiro atoms. The Bertz CT molecular complexity index is 1160. The Morgan fingerprint density at radius 2 is 1.72 bits per heavy atom. The second kappa shape index (κ2) is 7.53. The lowest BCUT2D eigenvalue weighted by Gasteiger charge is -2.29. The highest BCUT2D eigenvalue weighted by Crippen LogP contribution is 2.46. The molecule has 1 aliphatic heterocycles. The van der Waals surface area contributed by atoms with E-state index in [1.54, 1.807) is 35.2 Å². The maximum Gasteiger partial charge on any atom is 0.261 e. The van der Waals surface area contributed by atoms with Gasteiger partial charge in [-0.1, -0.05) is 35.3 Å². The van der Waals surface area contributed by atoms with Gasteiger partial charge in [0.2, 0.25) is 0 Å². The molecule has 0 N–H and O–H groups in total. The summed E-state index contributed by atoms with van der Waals surface area (Å²) >= 11 is 15.9. The molecule has 4 nitrogen and oxygen atoms in total. The molecule has 7 heteroatoms. The lowest BCUT2D eigenvalue weighted by molar-refractivity contribution is 0.0993. The standard InChI is InChI=1S/C22H16BrCl2N3O/c1-12(2)27-19(23)10-17-21(27)20(13-3-6-15(24)7-4-13)28(22(17)29)18-9-16(25)8-5-14(18)11-26/h3-10,12,20H,1-2H3. The zero-order valence-electron chi connectivity index (χ0n) is 15.7. The molecule has 4 rings (SSSR count). The van der Waals surface area contributed by atoms with E-state index in [1.807, 2.05) is 18.2 Å². The van der Waals surface area contributed by atoms with Crippen LogP contribution in [0.1, 0.15) is 53.1 Å². The number of carbonyl (C=O) groups is 1. The summed E-state index contributed by atoms with van der Waals surface area (Å²) in [6.07, 6.45) is 0. The summed E-state index contributed by atoms with van der Waals surface area (Å²) in [5.41, 5.74) is 3.27. The third-order valence-electron chi connectivity index (χ3n) is 5.04. The predicted molar refractivity (Wildman–Crippen MR) is 119 cm³/mol. The predicted octanol–water partition coefficient (Wildman–Crippen LogP) is 6.76. The van der Waals surface area contributed by atoms with Gasteiger partial charge in [0.25, 0.3) is 5.91 Å². The summed E-state index contributed by atoms with van der Waals surface area (Å²) in [5.74, 6) is -0.168. The number of benzene rings is 2. The van der Waals surface area contributed by atoms with Crippen molar-refractivity contribution in [3.8, 4) is 6.07 Å². The molecule has 0 bridgehead atoms. The Morgan fingerprint density at radius 1 is 1.07 bits per heavy atom. The number of nitriles is 1. The normalized spacial score (nSPS) is 15.7. The number of hydrogen-bond acceptors (Lipinski definition) is 2. The first-order valence-corrected chi connectivity index (χ1v) is 10.6. The first-order chi connectivity index (χ1) is 13.8. The van der Waals surface area contributed by atoms with Crippen LogP contribution in [0.2, 0.25) is 10.0 Å². The van der Waals surface area contributed by atoms with Crippen molar-refractivity contribution in [1.82, 2.24) is 4.57 Å². The van der Waals surface area contributed by atoms with E-state index < -0.39 is 6.04 Å². The lowest BCUT2D eigenvalue weighted by Crippen LogP contribution is -2.30. The topological polar surface area (TPSA) is 49.0 Å². The molecule has 146 valence electrons. The zero-order chi connectivity index (χ0) is 20.9. The smallest absolute Gasteiger partial charge is 0.261 e. The van der Waals surface area contributed by atoms with Crippen molar-refractivity contribution >= 4 is 50.7 Å². The van der Waals surface area contributed by atoms with Crippen LogP contribution >= 0.6 is 39.1 Å². The summed E-state index contributed by atoms with van der Waals surface area (Å²) in [4.78, 5) is 15.2. The number of rotatable bonds is 3. The Balaban J connectivity index is 2.01. The first kappa shape index (κ1) is 20.0. The SMILES string of the molecule is CC(C)n1c(Br)cc2c1C(c1ccc(Cl)cc1)N(c1cc(Cl)ccc1C#N)C2=O. The van der Waals surface area contributed by atoms with Crippen molar-refractivity contribution in [2.45, 2.75) is 25.9 Å². The molecule has 0 radical (unpaired) electrons. The number of amides is 1. The van der Waals surface area contributed by atoms with E-state index in [4.69, 9.17) is 23.2 Å². The fraction of sp³-hybridized carbons (Fsp3) is 0.182. The average molecular weight is 489 g/mol. The van der Waals surface area contributed by atoms with E-state index in [1.165, 1.54) is 0 Å². The summed E-state index contributed by atoms with van der Waals surface area (Å²) in [6, 6.07) is 16.1. The average Bonchev–Trinajstić information content (AvgIpc) is 3.15. The van der Waals surface area contributed by atoms with Gasteiger partial charge in [-0.15, -0.1) is 0 Å². The quantitative estimate of drug-likeness (QED) is 0.408. The van der Waals surface area contributed by atoms with Crippen LogP contribution in [0.4, 0.5) is 5.69 Å². The number of carbonyl (C=O) groups excluding carboxylic acids is 1. The van der Waals surface area contributed by atoms with Crippen molar-refractivity contribution in [3.05, 3.63) is 85.6 Å². The molecule has 1 aliphatic rings. The van der Waals surface area contributed by atoms with Gasteiger partial charge >= 0.3 is 0 Å². The van der Waals surface area contributed by atoms with E-state index in [-0.39, 0.29) is 11.9 Å². The van der Waals surface area contributed by atoms with Crippen molar-refractivity contribution in [2.75, 3.05) is 4.90 Å². The first-order valence-electron chi connectivity index (χ1n) is 9.02. The summed E-state index contributed by atoms with van der Waals surface area (Å²) in [5, 5.41) is 10.7. The van der Waals surface area contributed by atoms with Crippen LogP contribution in [-0.2, 0) is 0 Å². The number of aromatic nitrogens is 1. The third kappa shape index (κ3) is 3.26. The molecule has 29 heavy (non-hydrogen) atoms. The molecule has 0 saturated carbocycles. The van der Waals surface area contributed by atoms with Crippen molar-refractivity contribution in [1.29, 1.82) is 5.26 Å². The fourth-order valence-corrected chi connectivity index (χ4v) is 4.97. The second-order valence-electron chi connectivity index (χ2n) is 7.13. The molecular weight excluding hydrogens is 473 g/mol. The molecule has 1 atom stereocenters. The van der Waals surface area contributed by atoms with Crippen molar-refractivity contribution in [3.63, 3.8) is 0 Å². The zero-order valence-corrected chi connectivity index (χ0v) is 18.8. The van der Waals surface area contributed by atoms with Gasteiger partial charge in [-0.25, -0.2) is 0 Å². The molecule has 1 unspecified atom stereocenters. The highest BCUT2D eigenvalue weighted by Gasteiger charge is 2.43. The van der Waals surface area contributed by atoms with Gasteiger partial charge in [0.1, 0.15) is 12.1 Å². The van der Waals surface area contributed by atoms with Gasteiger partial charge in [0.05, 0.1) is 27.1 Å². The Hall–Kier alpha value is -2.26. The minimum absolute atomic E-state index is 0.130. The maximum atomic E-state index is 13.5. The van der Waals surface area contributed by atoms with E-state index in [9.17, 15) is 10.1 Å². The molecule has 2 aromatic carbocycles. The highest BCUT2D eigenvalue weighted by molar-refractivity contribution is 9.10. The lowest BCUT2D eigenvalue weighted by atomic mass is 10.0. The van der Waals surface area contributed by atoms with Gasteiger partial charge in [0, 0.05) is 16.1 Å². The van der Waals surface area contributed by atoms with E-state index in [0.717, 1.165) is 15.9 Å². The molecule has 1 aromatic heterocycles. The van der Waals surface area contributed by atoms with E-state index in [2.05, 4.69) is 40.4 Å². The Kier molecular flexibility index (Phi) is 5.20. The minimum atomic E-state index is -0.408. The largest absolute Gasteiger partial charge is 0.334 e. The van der Waals surface area contributed by atoms with E-state index >= 15 is 0 Å². The van der Waals surface area contributed by atoms with Crippen LogP contribution in [0.15, 0.2) is 53.1 Å². The van der Waals surface area contributed by atoms with Crippen LogP contribution in [0.25, 0.3) is 0 Å². The van der Waals surface area contributed by atoms with Gasteiger partial charge in [0.15, 0.2) is 0 Å². The molecule has 0 saturated heterocycles. The molecule has 1 amide bonds. The van der Waals surface area contributed by atoms with Gasteiger partial charge in [-0.05, 0) is 71.7 Å². The number of halogens is 3. The maximum absolute atomic E-state index is 13.5. The molecule has 0 fully saturated rings. The number of fused-ring (bicyclic) bond motifs is 1. The second-order valence-corrected chi connectivity index (χ2v) is 8.82. The number of nitrogens with zero attached hydrogens (tertiary/aromatic N) is 3.